The fourth-order valence-electron chi connectivity index (χ4n) is 3.24. The summed E-state index contributed by atoms with van der Waals surface area (Å²) in [5.74, 6) is -0.326. The van der Waals surface area contributed by atoms with Crippen molar-refractivity contribution in [1.82, 2.24) is 0 Å². The Bertz CT molecular complexity index is 1130. The number of hydrogen-bond donors (Lipinski definition) is 2. The fourth-order valence-corrected chi connectivity index (χ4v) is 4.65. The van der Waals surface area contributed by atoms with Crippen molar-refractivity contribution in [3.05, 3.63) is 62.9 Å². The maximum atomic E-state index is 13.0. The Morgan fingerprint density at radius 3 is 2.44 bits per heavy atom. The Hall–Kier alpha value is -2.84. The number of halogens is 1. The van der Waals surface area contributed by atoms with Crippen molar-refractivity contribution in [2.45, 2.75) is 26.7 Å². The second kappa shape index (κ2) is 10.7. The monoisotopic (exact) mass is 516 g/mol. The third kappa shape index (κ3) is 5.14. The van der Waals surface area contributed by atoms with E-state index in [1.54, 1.807) is 18.2 Å². The zero-order valence-electron chi connectivity index (χ0n) is 18.2. The molecule has 2 aromatic carbocycles. The molecule has 3 aromatic rings. The van der Waals surface area contributed by atoms with Crippen LogP contribution in [0.2, 0.25) is 0 Å². The van der Waals surface area contributed by atoms with E-state index in [1.165, 1.54) is 18.4 Å². The standard InChI is InChI=1S/C24H25BrN2O4S/c1-4-12-31-18-11-8-15(13-17(18)26)22(28)27-23-21(24(29)30-3)20(19(5-2)32-23)14-6-9-16(25)10-7-14/h6-11,13H,4-5,12,26H2,1-3H3,(H,27,28). The highest BCUT2D eigenvalue weighted by Crippen LogP contribution is 2.41. The first-order valence-electron chi connectivity index (χ1n) is 10.2. The number of anilines is 2. The lowest BCUT2D eigenvalue weighted by molar-refractivity contribution is 0.0603. The first-order chi connectivity index (χ1) is 15.4. The molecule has 0 atom stereocenters. The van der Waals surface area contributed by atoms with Crippen molar-refractivity contribution in [2.75, 3.05) is 24.8 Å². The van der Waals surface area contributed by atoms with Gasteiger partial charge in [0.2, 0.25) is 0 Å². The molecule has 0 bridgehead atoms. The third-order valence-corrected chi connectivity index (χ3v) is 6.56. The largest absolute Gasteiger partial charge is 0.491 e. The molecule has 1 aromatic heterocycles. The fraction of sp³-hybridized carbons (Fsp3) is 0.250. The van der Waals surface area contributed by atoms with Crippen molar-refractivity contribution in [3.63, 3.8) is 0 Å². The number of thiophene rings is 1. The van der Waals surface area contributed by atoms with Crippen molar-refractivity contribution >= 4 is 49.8 Å². The molecule has 0 fully saturated rings. The minimum absolute atomic E-state index is 0.348. The number of nitrogens with one attached hydrogen (secondary N) is 1. The van der Waals surface area contributed by atoms with Gasteiger partial charge in [-0.2, -0.15) is 0 Å². The Labute approximate surface area is 199 Å². The van der Waals surface area contributed by atoms with Crippen molar-refractivity contribution < 1.29 is 19.1 Å². The van der Waals surface area contributed by atoms with E-state index in [9.17, 15) is 9.59 Å². The van der Waals surface area contributed by atoms with Gasteiger partial charge in [-0.15, -0.1) is 11.3 Å². The minimum Gasteiger partial charge on any atom is -0.491 e. The Morgan fingerprint density at radius 1 is 1.12 bits per heavy atom. The SMILES string of the molecule is CCCOc1ccc(C(=O)Nc2sc(CC)c(-c3ccc(Br)cc3)c2C(=O)OC)cc1N. The van der Waals surface area contributed by atoms with Crippen molar-refractivity contribution in [2.24, 2.45) is 0 Å². The highest BCUT2D eigenvalue weighted by Gasteiger charge is 2.26. The molecular formula is C24H25BrN2O4S. The van der Waals surface area contributed by atoms with Gasteiger partial charge in [0.1, 0.15) is 16.3 Å². The zero-order chi connectivity index (χ0) is 23.3. The molecule has 0 saturated carbocycles. The van der Waals surface area contributed by atoms with Crippen molar-refractivity contribution in [1.29, 1.82) is 0 Å². The summed E-state index contributed by atoms with van der Waals surface area (Å²) >= 11 is 4.81. The lowest BCUT2D eigenvalue weighted by Crippen LogP contribution is -2.14. The number of benzene rings is 2. The number of aryl methyl sites for hydroxylation is 1. The van der Waals surface area contributed by atoms with Gasteiger partial charge < -0.3 is 20.5 Å². The summed E-state index contributed by atoms with van der Waals surface area (Å²) < 4.78 is 11.6. The van der Waals surface area contributed by atoms with Gasteiger partial charge in [0.15, 0.2) is 0 Å². The molecule has 0 aliphatic carbocycles. The number of nitrogens with two attached hydrogens (primary N) is 1. The molecule has 168 valence electrons. The topological polar surface area (TPSA) is 90.6 Å². The summed E-state index contributed by atoms with van der Waals surface area (Å²) in [5, 5.41) is 3.33. The number of methoxy groups -OCH3 is 1. The van der Waals surface area contributed by atoms with Crippen LogP contribution in [-0.2, 0) is 11.2 Å². The predicted molar refractivity (Wildman–Crippen MR) is 133 cm³/mol. The number of carbonyl (C=O) groups is 2. The number of carbonyl (C=O) groups excluding carboxylic acids is 2. The van der Waals surface area contributed by atoms with Gasteiger partial charge in [-0.05, 0) is 48.7 Å². The minimum atomic E-state index is -0.503. The van der Waals surface area contributed by atoms with Gasteiger partial charge in [-0.25, -0.2) is 4.79 Å². The molecule has 32 heavy (non-hydrogen) atoms. The highest BCUT2D eigenvalue weighted by atomic mass is 79.9. The van der Waals surface area contributed by atoms with Crippen LogP contribution in [0.4, 0.5) is 10.7 Å². The van der Waals surface area contributed by atoms with Crippen LogP contribution >= 0.6 is 27.3 Å². The number of rotatable bonds is 8. The smallest absolute Gasteiger partial charge is 0.341 e. The normalized spacial score (nSPS) is 10.6. The molecule has 0 saturated heterocycles. The number of amides is 1. The molecule has 0 radical (unpaired) electrons. The second-order valence-corrected chi connectivity index (χ2v) is 9.03. The van der Waals surface area contributed by atoms with Gasteiger partial charge in [0.05, 0.1) is 19.4 Å². The van der Waals surface area contributed by atoms with Crippen LogP contribution in [0.15, 0.2) is 46.9 Å². The maximum absolute atomic E-state index is 13.0. The van der Waals surface area contributed by atoms with E-state index in [1.807, 2.05) is 38.1 Å². The number of nitrogen functional groups attached to an aromatic ring is 1. The van der Waals surface area contributed by atoms with Crippen LogP contribution < -0.4 is 15.8 Å². The highest BCUT2D eigenvalue weighted by molar-refractivity contribution is 9.10. The summed E-state index contributed by atoms with van der Waals surface area (Å²) in [5.41, 5.74) is 8.81. The molecule has 3 rings (SSSR count). The van der Waals surface area contributed by atoms with E-state index in [2.05, 4.69) is 21.2 Å². The van der Waals surface area contributed by atoms with E-state index >= 15 is 0 Å². The van der Waals surface area contributed by atoms with E-state index < -0.39 is 5.97 Å². The van der Waals surface area contributed by atoms with Crippen LogP contribution in [0.3, 0.4) is 0 Å². The van der Waals surface area contributed by atoms with Crippen LogP contribution in [-0.4, -0.2) is 25.6 Å². The zero-order valence-corrected chi connectivity index (χ0v) is 20.6. The molecule has 0 aliphatic heterocycles. The number of hydrogen-bond acceptors (Lipinski definition) is 6. The lowest BCUT2D eigenvalue weighted by Gasteiger charge is -2.11. The van der Waals surface area contributed by atoms with E-state index in [-0.39, 0.29) is 5.91 Å². The molecule has 0 aliphatic rings. The third-order valence-electron chi connectivity index (χ3n) is 4.79. The van der Waals surface area contributed by atoms with Gasteiger partial charge in [-0.1, -0.05) is 41.9 Å². The molecule has 3 N–H and O–H groups in total. The average molecular weight is 517 g/mol. The Kier molecular flexibility index (Phi) is 7.93. The molecule has 6 nitrogen and oxygen atoms in total. The van der Waals surface area contributed by atoms with E-state index in [0.717, 1.165) is 26.9 Å². The molecule has 1 heterocycles. The number of ether oxygens (including phenoxy) is 2. The molecular weight excluding hydrogens is 492 g/mol. The Morgan fingerprint density at radius 2 is 1.84 bits per heavy atom. The van der Waals surface area contributed by atoms with Crippen LogP contribution in [0, 0.1) is 0 Å². The summed E-state index contributed by atoms with van der Waals surface area (Å²) in [6.45, 7) is 4.56. The second-order valence-electron chi connectivity index (χ2n) is 7.01. The van der Waals surface area contributed by atoms with Gasteiger partial charge >= 0.3 is 5.97 Å². The first kappa shape index (κ1) is 23.8. The lowest BCUT2D eigenvalue weighted by atomic mass is 10.00. The van der Waals surface area contributed by atoms with E-state index in [0.29, 0.717) is 40.6 Å². The molecule has 0 unspecified atom stereocenters. The summed E-state index contributed by atoms with van der Waals surface area (Å²) in [7, 11) is 1.33. The maximum Gasteiger partial charge on any atom is 0.341 e. The van der Waals surface area contributed by atoms with Crippen LogP contribution in [0.5, 0.6) is 5.75 Å². The van der Waals surface area contributed by atoms with Crippen molar-refractivity contribution in [3.8, 4) is 16.9 Å². The average Bonchev–Trinajstić information content (AvgIpc) is 3.16. The summed E-state index contributed by atoms with van der Waals surface area (Å²) in [4.78, 5) is 26.7. The molecule has 8 heteroatoms. The quantitative estimate of drug-likeness (QED) is 0.276. The van der Waals surface area contributed by atoms with Gasteiger partial charge in [0, 0.05) is 20.5 Å². The van der Waals surface area contributed by atoms with Crippen LogP contribution in [0.25, 0.3) is 11.1 Å². The number of esters is 1. The van der Waals surface area contributed by atoms with Gasteiger partial charge in [0.25, 0.3) is 5.91 Å². The Balaban J connectivity index is 1.99. The van der Waals surface area contributed by atoms with Gasteiger partial charge in [-0.3, -0.25) is 4.79 Å². The van der Waals surface area contributed by atoms with Crippen LogP contribution in [0.1, 0.15) is 45.9 Å². The molecule has 0 spiro atoms. The predicted octanol–water partition coefficient (Wildman–Crippen LogP) is 6.15. The molecule has 1 amide bonds. The summed E-state index contributed by atoms with van der Waals surface area (Å²) in [6.07, 6.45) is 1.56. The summed E-state index contributed by atoms with van der Waals surface area (Å²) in [6, 6.07) is 12.6. The first-order valence-corrected chi connectivity index (χ1v) is 11.8. The van der Waals surface area contributed by atoms with E-state index in [4.69, 9.17) is 15.2 Å².